The topological polar surface area (TPSA) is 101 Å². The van der Waals surface area contributed by atoms with E-state index in [0.29, 0.717) is 22.0 Å². The van der Waals surface area contributed by atoms with Gasteiger partial charge < -0.3 is 15.0 Å². The van der Waals surface area contributed by atoms with Crippen molar-refractivity contribution in [2.75, 3.05) is 48.5 Å². The van der Waals surface area contributed by atoms with E-state index in [0.717, 1.165) is 31.9 Å². The molecule has 0 unspecified atom stereocenters. The number of rotatable bonds is 3. The Bertz CT molecular complexity index is 1180. The van der Waals surface area contributed by atoms with Gasteiger partial charge in [0.2, 0.25) is 0 Å². The average molecular weight is 436 g/mol. The van der Waals surface area contributed by atoms with E-state index < -0.39 is 10.0 Å². The van der Waals surface area contributed by atoms with Gasteiger partial charge in [0.1, 0.15) is 17.0 Å². The Morgan fingerprint density at radius 1 is 1.07 bits per heavy atom. The van der Waals surface area contributed by atoms with Crippen LogP contribution in [0.25, 0.3) is 11.0 Å². The van der Waals surface area contributed by atoms with E-state index in [4.69, 9.17) is 21.0 Å². The van der Waals surface area contributed by atoms with Crippen LogP contribution < -0.4 is 19.3 Å². The molecule has 3 heterocycles. The van der Waals surface area contributed by atoms with E-state index in [1.165, 1.54) is 10.4 Å². The summed E-state index contributed by atoms with van der Waals surface area (Å²) in [5, 5.41) is 11.3. The molecule has 0 saturated carbocycles. The lowest BCUT2D eigenvalue weighted by atomic mass is 10.2. The van der Waals surface area contributed by atoms with Crippen LogP contribution in [0.1, 0.15) is 0 Å². The molecule has 3 aromatic rings. The van der Waals surface area contributed by atoms with E-state index in [2.05, 4.69) is 20.5 Å². The molecule has 5 rings (SSSR count). The molecule has 0 amide bonds. The fraction of sp³-hybridized carbons (Fsp3) is 0.333. The van der Waals surface area contributed by atoms with Crippen molar-refractivity contribution in [1.82, 2.24) is 15.6 Å². The largest absolute Gasteiger partial charge is 0.487 e. The molecular formula is C18H18ClN5O4S. The zero-order valence-electron chi connectivity index (χ0n) is 15.3. The molecule has 1 aromatic heterocycles. The summed E-state index contributed by atoms with van der Waals surface area (Å²) in [4.78, 5) is 2.19. The predicted molar refractivity (Wildman–Crippen MR) is 108 cm³/mol. The van der Waals surface area contributed by atoms with Crippen molar-refractivity contribution in [2.24, 2.45) is 0 Å². The Morgan fingerprint density at radius 2 is 1.86 bits per heavy atom. The molecule has 1 fully saturated rings. The van der Waals surface area contributed by atoms with Crippen molar-refractivity contribution < 1.29 is 17.8 Å². The van der Waals surface area contributed by atoms with Crippen molar-refractivity contribution in [1.29, 1.82) is 0 Å². The van der Waals surface area contributed by atoms with Crippen molar-refractivity contribution in [3.05, 3.63) is 35.4 Å². The molecule has 11 heteroatoms. The lowest BCUT2D eigenvalue weighted by molar-refractivity contribution is 0.314. The Morgan fingerprint density at radius 3 is 2.69 bits per heavy atom. The zero-order valence-corrected chi connectivity index (χ0v) is 16.9. The van der Waals surface area contributed by atoms with Gasteiger partial charge in [0.05, 0.1) is 17.9 Å². The first-order valence-electron chi connectivity index (χ1n) is 9.22. The number of sulfonamides is 1. The first-order valence-corrected chi connectivity index (χ1v) is 11.0. The molecule has 29 heavy (non-hydrogen) atoms. The first-order chi connectivity index (χ1) is 14.1. The van der Waals surface area contributed by atoms with Crippen LogP contribution in [0.5, 0.6) is 5.75 Å². The highest BCUT2D eigenvalue weighted by Gasteiger charge is 2.34. The summed E-state index contributed by atoms with van der Waals surface area (Å²) < 4.78 is 39.1. The molecule has 152 valence electrons. The number of halogens is 1. The third-order valence-corrected chi connectivity index (χ3v) is 7.16. The number of benzene rings is 2. The number of nitrogens with one attached hydrogen (secondary N) is 1. The maximum absolute atomic E-state index is 13.6. The third kappa shape index (κ3) is 3.07. The van der Waals surface area contributed by atoms with Gasteiger partial charge in [0.25, 0.3) is 10.0 Å². The van der Waals surface area contributed by atoms with Crippen LogP contribution in [-0.2, 0) is 10.0 Å². The number of nitrogens with zero attached hydrogens (tertiary/aromatic N) is 4. The van der Waals surface area contributed by atoms with Crippen molar-refractivity contribution in [3.63, 3.8) is 0 Å². The zero-order chi connectivity index (χ0) is 20.0. The first kappa shape index (κ1) is 18.5. The minimum absolute atomic E-state index is 0.0350. The van der Waals surface area contributed by atoms with Gasteiger partial charge in [0.15, 0.2) is 11.3 Å². The quantitative estimate of drug-likeness (QED) is 0.665. The molecule has 0 bridgehead atoms. The maximum atomic E-state index is 13.6. The Kier molecular flexibility index (Phi) is 4.49. The van der Waals surface area contributed by atoms with Crippen molar-refractivity contribution in [3.8, 4) is 5.75 Å². The van der Waals surface area contributed by atoms with Gasteiger partial charge in [-0.2, -0.15) is 0 Å². The van der Waals surface area contributed by atoms with E-state index in [1.54, 1.807) is 18.2 Å². The lowest BCUT2D eigenvalue weighted by Gasteiger charge is -2.36. The second-order valence-electron chi connectivity index (χ2n) is 6.82. The van der Waals surface area contributed by atoms with Crippen LogP contribution in [-0.4, -0.2) is 58.1 Å². The van der Waals surface area contributed by atoms with Gasteiger partial charge in [-0.15, -0.1) is 0 Å². The van der Waals surface area contributed by atoms with Gasteiger partial charge in [0, 0.05) is 31.2 Å². The van der Waals surface area contributed by atoms with E-state index in [1.807, 2.05) is 6.07 Å². The molecule has 2 aromatic carbocycles. The minimum Gasteiger partial charge on any atom is -0.487 e. The van der Waals surface area contributed by atoms with Crippen LogP contribution in [0.2, 0.25) is 5.02 Å². The second-order valence-corrected chi connectivity index (χ2v) is 9.09. The van der Waals surface area contributed by atoms with Crippen LogP contribution in [0, 0.1) is 0 Å². The summed E-state index contributed by atoms with van der Waals surface area (Å²) in [5.41, 5.74) is 1.80. The fourth-order valence-electron chi connectivity index (χ4n) is 3.75. The van der Waals surface area contributed by atoms with Gasteiger partial charge in [-0.25, -0.2) is 13.0 Å². The molecule has 0 atom stereocenters. The number of hydrogen-bond donors (Lipinski definition) is 1. The molecule has 0 radical (unpaired) electrons. The van der Waals surface area contributed by atoms with E-state index in [9.17, 15) is 8.42 Å². The van der Waals surface area contributed by atoms with Gasteiger partial charge >= 0.3 is 0 Å². The smallest absolute Gasteiger partial charge is 0.266 e. The van der Waals surface area contributed by atoms with Crippen LogP contribution in [0.15, 0.2) is 39.9 Å². The number of aromatic nitrogens is 2. The standard InChI is InChI=1S/C18H18ClN5O4S/c19-12-10-14(23-6-4-20-5-7-23)18-15(11-12)24(8-9-27-18)29(25,26)16-3-1-2-13-17(16)22-28-21-13/h1-3,10-11,20H,4-9H2. The number of fused-ring (bicyclic) bond motifs is 2. The van der Waals surface area contributed by atoms with Gasteiger partial charge in [-0.1, -0.05) is 17.7 Å². The monoisotopic (exact) mass is 435 g/mol. The number of hydrogen-bond acceptors (Lipinski definition) is 8. The minimum atomic E-state index is -3.93. The van der Waals surface area contributed by atoms with Gasteiger partial charge in [-0.05, 0) is 34.6 Å². The highest BCUT2D eigenvalue weighted by Crippen LogP contribution is 2.45. The molecule has 2 aliphatic heterocycles. The Hall–Kier alpha value is -2.56. The predicted octanol–water partition coefficient (Wildman–Crippen LogP) is 1.87. The normalized spacial score (nSPS) is 17.3. The van der Waals surface area contributed by atoms with Crippen LogP contribution in [0.3, 0.4) is 0 Å². The fourth-order valence-corrected chi connectivity index (χ4v) is 5.54. The number of piperazine rings is 1. The second kappa shape index (κ2) is 7.05. The van der Waals surface area contributed by atoms with Gasteiger partial charge in [-0.3, -0.25) is 4.31 Å². The highest BCUT2D eigenvalue weighted by atomic mass is 35.5. The van der Waals surface area contributed by atoms with Crippen LogP contribution >= 0.6 is 11.6 Å². The summed E-state index contributed by atoms with van der Waals surface area (Å²) in [7, 11) is -3.93. The van der Waals surface area contributed by atoms with E-state index in [-0.39, 0.29) is 23.6 Å². The molecule has 1 saturated heterocycles. The van der Waals surface area contributed by atoms with E-state index >= 15 is 0 Å². The van der Waals surface area contributed by atoms with Crippen molar-refractivity contribution in [2.45, 2.75) is 4.90 Å². The lowest BCUT2D eigenvalue weighted by Crippen LogP contribution is -2.44. The summed E-state index contributed by atoms with van der Waals surface area (Å²) in [6, 6.07) is 8.21. The Labute approximate surface area is 172 Å². The number of ether oxygens (including phenoxy) is 1. The third-order valence-electron chi connectivity index (χ3n) is 5.10. The number of anilines is 2. The highest BCUT2D eigenvalue weighted by molar-refractivity contribution is 7.93. The summed E-state index contributed by atoms with van der Waals surface area (Å²) in [6.45, 7) is 3.65. The Balaban J connectivity index is 1.64. The molecular weight excluding hydrogens is 418 g/mol. The average Bonchev–Trinajstić information content (AvgIpc) is 3.22. The molecule has 0 aliphatic carbocycles. The molecule has 1 N–H and O–H groups in total. The van der Waals surface area contributed by atoms with Crippen molar-refractivity contribution >= 4 is 44.0 Å². The molecule has 9 nitrogen and oxygen atoms in total. The molecule has 2 aliphatic rings. The summed E-state index contributed by atoms with van der Waals surface area (Å²) in [6.07, 6.45) is 0. The SMILES string of the molecule is O=S(=O)(c1cccc2nonc12)N1CCOc2c(N3CCNCC3)cc(Cl)cc21. The molecule has 0 spiro atoms. The van der Waals surface area contributed by atoms with Crippen LogP contribution in [0.4, 0.5) is 11.4 Å². The maximum Gasteiger partial charge on any atom is 0.266 e. The summed E-state index contributed by atoms with van der Waals surface area (Å²) in [5.74, 6) is 0.525. The summed E-state index contributed by atoms with van der Waals surface area (Å²) >= 11 is 6.38.